The van der Waals surface area contributed by atoms with Gasteiger partial charge in [0.15, 0.2) is 0 Å². The number of hydrogen-bond acceptors (Lipinski definition) is 2. The number of nitrogens with one attached hydrogen (secondary N) is 1. The van der Waals surface area contributed by atoms with E-state index in [1.165, 1.54) is 25.0 Å². The molecule has 0 fully saturated rings. The second-order valence-electron chi connectivity index (χ2n) is 4.72. The van der Waals surface area contributed by atoms with Crippen LogP contribution < -0.4 is 5.32 Å². The van der Waals surface area contributed by atoms with E-state index < -0.39 is 0 Å². The van der Waals surface area contributed by atoms with Crippen LogP contribution in [0.15, 0.2) is 29.2 Å². The van der Waals surface area contributed by atoms with E-state index in [2.05, 4.69) is 19.2 Å². The van der Waals surface area contributed by atoms with E-state index >= 15 is 0 Å². The molecule has 1 atom stereocenters. The Labute approximate surface area is 108 Å². The van der Waals surface area contributed by atoms with Crippen LogP contribution in [0.4, 0.5) is 4.39 Å². The van der Waals surface area contributed by atoms with Gasteiger partial charge in [0.2, 0.25) is 0 Å². The molecule has 0 bridgehead atoms. The highest BCUT2D eigenvalue weighted by Gasteiger charge is 2.07. The van der Waals surface area contributed by atoms with Crippen molar-refractivity contribution in [1.29, 1.82) is 0 Å². The Morgan fingerprint density at radius 3 is 2.35 bits per heavy atom. The maximum Gasteiger partial charge on any atom is 0.123 e. The Morgan fingerprint density at radius 1 is 1.18 bits per heavy atom. The maximum atomic E-state index is 12.7. The molecule has 3 heteroatoms. The second kappa shape index (κ2) is 7.72. The lowest BCUT2D eigenvalue weighted by molar-refractivity contribution is 0.479. The fourth-order valence-electron chi connectivity index (χ4n) is 1.57. The molecule has 0 spiro atoms. The highest BCUT2D eigenvalue weighted by Crippen LogP contribution is 2.20. The van der Waals surface area contributed by atoms with Gasteiger partial charge in [-0.15, -0.1) is 11.8 Å². The van der Waals surface area contributed by atoms with Crippen molar-refractivity contribution < 1.29 is 4.39 Å². The predicted molar refractivity (Wildman–Crippen MR) is 74.0 cm³/mol. The minimum Gasteiger partial charge on any atom is -0.316 e. The minimum atomic E-state index is -0.167. The third-order valence-corrected chi connectivity index (χ3v) is 3.94. The number of benzene rings is 1. The van der Waals surface area contributed by atoms with Crippen molar-refractivity contribution in [3.05, 3.63) is 30.1 Å². The van der Waals surface area contributed by atoms with Crippen molar-refractivity contribution in [1.82, 2.24) is 5.32 Å². The van der Waals surface area contributed by atoms with Gasteiger partial charge in [-0.3, -0.25) is 0 Å². The molecule has 0 aliphatic carbocycles. The molecule has 0 saturated carbocycles. The van der Waals surface area contributed by atoms with E-state index in [-0.39, 0.29) is 5.82 Å². The first-order valence-corrected chi connectivity index (χ1v) is 7.16. The average Bonchev–Trinajstić information content (AvgIpc) is 2.31. The van der Waals surface area contributed by atoms with Gasteiger partial charge in [-0.1, -0.05) is 13.8 Å². The van der Waals surface area contributed by atoms with Crippen LogP contribution in [0.25, 0.3) is 0 Å². The molecule has 17 heavy (non-hydrogen) atoms. The fourth-order valence-corrected chi connectivity index (χ4v) is 2.63. The molecular weight excluding hydrogens is 233 g/mol. The molecule has 0 aliphatic rings. The summed E-state index contributed by atoms with van der Waals surface area (Å²) in [6, 6.07) is 7.26. The van der Waals surface area contributed by atoms with Gasteiger partial charge in [0.25, 0.3) is 0 Å². The second-order valence-corrected chi connectivity index (χ2v) is 5.82. The summed E-state index contributed by atoms with van der Waals surface area (Å²) < 4.78 is 12.7. The number of halogens is 1. The summed E-state index contributed by atoms with van der Waals surface area (Å²) in [6.07, 6.45) is 2.44. The first kappa shape index (κ1) is 14.5. The average molecular weight is 255 g/mol. The predicted octanol–water partition coefficient (Wildman–Crippen LogP) is 3.94. The molecule has 1 unspecified atom stereocenters. The molecule has 1 rings (SSSR count). The van der Waals surface area contributed by atoms with Crippen molar-refractivity contribution in [3.8, 4) is 0 Å². The Balaban J connectivity index is 2.34. The summed E-state index contributed by atoms with van der Waals surface area (Å²) in [5.41, 5.74) is 0. The molecule has 0 aliphatic heterocycles. The molecule has 0 amide bonds. The highest BCUT2D eigenvalue weighted by atomic mass is 32.2. The summed E-state index contributed by atoms with van der Waals surface area (Å²) in [5, 5.41) is 3.34. The quantitative estimate of drug-likeness (QED) is 0.741. The van der Waals surface area contributed by atoms with E-state index in [4.69, 9.17) is 0 Å². The SMILES string of the molecule is CNC(CCC(C)C)CSc1ccc(F)cc1. The zero-order chi connectivity index (χ0) is 12.7. The molecule has 0 heterocycles. The van der Waals surface area contributed by atoms with Crippen LogP contribution in [0.5, 0.6) is 0 Å². The van der Waals surface area contributed by atoms with Gasteiger partial charge < -0.3 is 5.32 Å². The van der Waals surface area contributed by atoms with Crippen LogP contribution in [0.2, 0.25) is 0 Å². The van der Waals surface area contributed by atoms with Gasteiger partial charge in [-0.05, 0) is 50.1 Å². The van der Waals surface area contributed by atoms with Gasteiger partial charge in [0, 0.05) is 16.7 Å². The highest BCUT2D eigenvalue weighted by molar-refractivity contribution is 7.99. The Hall–Kier alpha value is -0.540. The lowest BCUT2D eigenvalue weighted by atomic mass is 10.0. The molecule has 0 saturated heterocycles. The topological polar surface area (TPSA) is 12.0 Å². The third-order valence-electron chi connectivity index (χ3n) is 2.77. The third kappa shape index (κ3) is 6.08. The molecule has 1 nitrogen and oxygen atoms in total. The normalized spacial score (nSPS) is 13.0. The molecular formula is C14H22FNS. The number of hydrogen-bond donors (Lipinski definition) is 1. The van der Waals surface area contributed by atoms with Gasteiger partial charge in [-0.2, -0.15) is 0 Å². The van der Waals surface area contributed by atoms with Gasteiger partial charge in [0.1, 0.15) is 5.82 Å². The van der Waals surface area contributed by atoms with Crippen molar-refractivity contribution in [3.63, 3.8) is 0 Å². The van der Waals surface area contributed by atoms with Crippen LogP contribution in [-0.4, -0.2) is 18.8 Å². The lowest BCUT2D eigenvalue weighted by Gasteiger charge is -2.16. The van der Waals surface area contributed by atoms with Gasteiger partial charge >= 0.3 is 0 Å². The first-order chi connectivity index (χ1) is 8.11. The van der Waals surface area contributed by atoms with Crippen molar-refractivity contribution in [2.24, 2.45) is 5.92 Å². The summed E-state index contributed by atoms with van der Waals surface area (Å²) in [7, 11) is 2.01. The lowest BCUT2D eigenvalue weighted by Crippen LogP contribution is -2.28. The van der Waals surface area contributed by atoms with Crippen molar-refractivity contribution in [2.45, 2.75) is 37.6 Å². The van der Waals surface area contributed by atoms with E-state index in [0.717, 1.165) is 16.6 Å². The summed E-state index contributed by atoms with van der Waals surface area (Å²) in [5.74, 6) is 1.62. The Kier molecular flexibility index (Phi) is 6.60. The van der Waals surface area contributed by atoms with Crippen molar-refractivity contribution >= 4 is 11.8 Å². The van der Waals surface area contributed by atoms with Gasteiger partial charge in [0.05, 0.1) is 0 Å². The Morgan fingerprint density at radius 2 is 1.82 bits per heavy atom. The number of rotatable bonds is 7. The molecule has 0 aromatic heterocycles. The summed E-state index contributed by atoms with van der Waals surface area (Å²) in [6.45, 7) is 4.50. The standard InChI is InChI=1S/C14H22FNS/c1-11(2)4-7-13(16-3)10-17-14-8-5-12(15)6-9-14/h5-6,8-9,11,13,16H,4,7,10H2,1-3H3. The first-order valence-electron chi connectivity index (χ1n) is 6.17. The fraction of sp³-hybridized carbons (Fsp3) is 0.571. The van der Waals surface area contributed by atoms with Crippen LogP contribution >= 0.6 is 11.8 Å². The Bertz CT molecular complexity index is 311. The van der Waals surface area contributed by atoms with Crippen LogP contribution in [0.3, 0.4) is 0 Å². The molecule has 1 aromatic rings. The minimum absolute atomic E-state index is 0.167. The largest absolute Gasteiger partial charge is 0.316 e. The van der Waals surface area contributed by atoms with Crippen LogP contribution in [0.1, 0.15) is 26.7 Å². The zero-order valence-corrected chi connectivity index (χ0v) is 11.7. The zero-order valence-electron chi connectivity index (χ0n) is 10.9. The molecule has 1 N–H and O–H groups in total. The molecule has 1 aromatic carbocycles. The number of thioether (sulfide) groups is 1. The summed E-state index contributed by atoms with van der Waals surface area (Å²) in [4.78, 5) is 1.14. The van der Waals surface area contributed by atoms with E-state index in [0.29, 0.717) is 6.04 Å². The monoisotopic (exact) mass is 255 g/mol. The van der Waals surface area contributed by atoms with Gasteiger partial charge in [-0.25, -0.2) is 4.39 Å². The maximum absolute atomic E-state index is 12.7. The summed E-state index contributed by atoms with van der Waals surface area (Å²) >= 11 is 1.78. The van der Waals surface area contributed by atoms with E-state index in [1.54, 1.807) is 11.8 Å². The van der Waals surface area contributed by atoms with Crippen LogP contribution in [-0.2, 0) is 0 Å². The molecule has 96 valence electrons. The van der Waals surface area contributed by atoms with E-state index in [9.17, 15) is 4.39 Å². The van der Waals surface area contributed by atoms with Crippen LogP contribution in [0, 0.1) is 11.7 Å². The van der Waals surface area contributed by atoms with Crippen molar-refractivity contribution in [2.75, 3.05) is 12.8 Å². The smallest absolute Gasteiger partial charge is 0.123 e. The molecule has 0 radical (unpaired) electrons. The van der Waals surface area contributed by atoms with E-state index in [1.807, 2.05) is 19.2 Å².